The number of benzene rings is 1. The summed E-state index contributed by atoms with van der Waals surface area (Å²) in [5.74, 6) is -5.11. The molecule has 1 aliphatic heterocycles. The van der Waals surface area contributed by atoms with Gasteiger partial charge in [-0.15, -0.1) is 0 Å². The zero-order chi connectivity index (χ0) is 15.6. The molecule has 0 spiro atoms. The zero-order valence-electron chi connectivity index (χ0n) is 11.0. The number of likely N-dealkylation sites (tertiary alicyclic amines) is 1. The minimum atomic E-state index is -1.64. The molecule has 0 aromatic heterocycles. The van der Waals surface area contributed by atoms with Crippen molar-refractivity contribution < 1.29 is 22.8 Å². The van der Waals surface area contributed by atoms with Crippen molar-refractivity contribution in [3.8, 4) is 0 Å². The number of rotatable bonds is 2. The number of anilines is 1. The summed E-state index contributed by atoms with van der Waals surface area (Å²) in [5.41, 5.74) is 4.74. The molecule has 21 heavy (non-hydrogen) atoms. The molecule has 1 aromatic rings. The number of carbonyl (C=O) groups excluding carboxylic acids is 2. The van der Waals surface area contributed by atoms with Crippen LogP contribution in [0.2, 0.25) is 0 Å². The van der Waals surface area contributed by atoms with Crippen LogP contribution in [0.5, 0.6) is 0 Å². The normalized spacial score (nSPS) is 15.9. The van der Waals surface area contributed by atoms with E-state index in [1.54, 1.807) is 0 Å². The SMILES string of the molecule is NC(=O)C1CCN(C(=O)Nc2ccc(F)c(F)c2F)CC1. The molecule has 0 bridgehead atoms. The average Bonchev–Trinajstić information content (AvgIpc) is 2.48. The van der Waals surface area contributed by atoms with Gasteiger partial charge in [-0.05, 0) is 25.0 Å². The van der Waals surface area contributed by atoms with Crippen molar-refractivity contribution in [3.05, 3.63) is 29.6 Å². The van der Waals surface area contributed by atoms with E-state index in [0.29, 0.717) is 12.8 Å². The van der Waals surface area contributed by atoms with Gasteiger partial charge in [-0.1, -0.05) is 0 Å². The van der Waals surface area contributed by atoms with Crippen LogP contribution in [0.1, 0.15) is 12.8 Å². The van der Waals surface area contributed by atoms with Crippen molar-refractivity contribution in [1.82, 2.24) is 4.90 Å². The molecule has 1 fully saturated rings. The monoisotopic (exact) mass is 301 g/mol. The Labute approximate surface area is 118 Å². The third-order valence-electron chi connectivity index (χ3n) is 3.46. The highest BCUT2D eigenvalue weighted by atomic mass is 19.2. The second-order valence-electron chi connectivity index (χ2n) is 4.82. The standard InChI is InChI=1S/C13H14F3N3O2/c14-8-1-2-9(11(16)10(8)15)18-13(21)19-5-3-7(4-6-19)12(17)20/h1-2,7H,3-6H2,(H2,17,20)(H,18,21). The fraction of sp³-hybridized carbons (Fsp3) is 0.385. The maximum atomic E-state index is 13.4. The topological polar surface area (TPSA) is 75.4 Å². The van der Waals surface area contributed by atoms with Crippen molar-refractivity contribution in [2.24, 2.45) is 11.7 Å². The Morgan fingerprint density at radius 3 is 2.33 bits per heavy atom. The van der Waals surface area contributed by atoms with E-state index in [2.05, 4.69) is 5.32 Å². The number of hydrogen-bond acceptors (Lipinski definition) is 2. The molecule has 0 aliphatic carbocycles. The molecule has 0 radical (unpaired) electrons. The number of nitrogens with two attached hydrogens (primary N) is 1. The number of piperidine rings is 1. The van der Waals surface area contributed by atoms with Gasteiger partial charge in [-0.25, -0.2) is 18.0 Å². The molecule has 0 saturated carbocycles. The summed E-state index contributed by atoms with van der Waals surface area (Å²) in [5, 5.41) is 2.18. The number of nitrogens with zero attached hydrogens (tertiary/aromatic N) is 1. The van der Waals surface area contributed by atoms with Crippen molar-refractivity contribution in [2.45, 2.75) is 12.8 Å². The van der Waals surface area contributed by atoms with Gasteiger partial charge in [0.2, 0.25) is 5.91 Å². The minimum absolute atomic E-state index is 0.282. The minimum Gasteiger partial charge on any atom is -0.369 e. The van der Waals surface area contributed by atoms with Crippen molar-refractivity contribution in [3.63, 3.8) is 0 Å². The molecule has 0 unspecified atom stereocenters. The van der Waals surface area contributed by atoms with Crippen LogP contribution in [-0.2, 0) is 4.79 Å². The maximum absolute atomic E-state index is 13.4. The maximum Gasteiger partial charge on any atom is 0.321 e. The van der Waals surface area contributed by atoms with Crippen LogP contribution in [0, 0.1) is 23.4 Å². The molecular formula is C13H14F3N3O2. The van der Waals surface area contributed by atoms with Crippen LogP contribution in [0.4, 0.5) is 23.7 Å². The lowest BCUT2D eigenvalue weighted by molar-refractivity contribution is -0.122. The van der Waals surface area contributed by atoms with E-state index in [-0.39, 0.29) is 19.0 Å². The molecule has 1 heterocycles. The highest BCUT2D eigenvalue weighted by Crippen LogP contribution is 2.21. The van der Waals surface area contributed by atoms with Gasteiger partial charge in [0.05, 0.1) is 5.69 Å². The number of urea groups is 1. The Morgan fingerprint density at radius 2 is 1.76 bits per heavy atom. The van der Waals surface area contributed by atoms with Gasteiger partial charge in [-0.3, -0.25) is 4.79 Å². The number of primary amides is 1. The second kappa shape index (κ2) is 6.02. The third-order valence-corrected chi connectivity index (χ3v) is 3.46. The summed E-state index contributed by atoms with van der Waals surface area (Å²) in [4.78, 5) is 24.3. The molecule has 0 atom stereocenters. The molecule has 1 aliphatic rings. The first-order valence-electron chi connectivity index (χ1n) is 6.39. The van der Waals surface area contributed by atoms with Crippen LogP contribution in [0.15, 0.2) is 12.1 Å². The van der Waals surface area contributed by atoms with Gasteiger partial charge >= 0.3 is 6.03 Å². The largest absolute Gasteiger partial charge is 0.369 e. The Hall–Kier alpha value is -2.25. The third kappa shape index (κ3) is 3.26. The van der Waals surface area contributed by atoms with Crippen LogP contribution < -0.4 is 11.1 Å². The highest BCUT2D eigenvalue weighted by molar-refractivity contribution is 5.89. The number of amides is 3. The van der Waals surface area contributed by atoms with Gasteiger partial charge in [-0.2, -0.15) is 0 Å². The summed E-state index contributed by atoms with van der Waals surface area (Å²) in [6, 6.07) is 1.04. The van der Waals surface area contributed by atoms with Crippen molar-refractivity contribution in [2.75, 3.05) is 18.4 Å². The predicted molar refractivity (Wildman–Crippen MR) is 68.8 cm³/mol. The van der Waals surface area contributed by atoms with E-state index in [1.807, 2.05) is 0 Å². The summed E-state index contributed by atoms with van der Waals surface area (Å²) in [7, 11) is 0. The van der Waals surface area contributed by atoms with E-state index >= 15 is 0 Å². The quantitative estimate of drug-likeness (QED) is 0.818. The highest BCUT2D eigenvalue weighted by Gasteiger charge is 2.26. The van der Waals surface area contributed by atoms with Crippen LogP contribution in [-0.4, -0.2) is 29.9 Å². The van der Waals surface area contributed by atoms with E-state index in [1.165, 1.54) is 4.90 Å². The fourth-order valence-corrected chi connectivity index (χ4v) is 2.18. The van der Waals surface area contributed by atoms with E-state index < -0.39 is 35.1 Å². The lowest BCUT2D eigenvalue weighted by Gasteiger charge is -2.30. The lowest BCUT2D eigenvalue weighted by atomic mass is 9.96. The number of halogens is 3. The number of hydrogen-bond donors (Lipinski definition) is 2. The van der Waals surface area contributed by atoms with Gasteiger partial charge in [0.1, 0.15) is 0 Å². The molecule has 8 heteroatoms. The van der Waals surface area contributed by atoms with Crippen LogP contribution in [0.3, 0.4) is 0 Å². The number of nitrogens with one attached hydrogen (secondary N) is 1. The van der Waals surface area contributed by atoms with Crippen LogP contribution in [0.25, 0.3) is 0 Å². The Morgan fingerprint density at radius 1 is 1.14 bits per heavy atom. The summed E-state index contributed by atoms with van der Waals surface area (Å²) in [6.07, 6.45) is 0.839. The molecule has 1 aromatic carbocycles. The molecule has 5 nitrogen and oxygen atoms in total. The smallest absolute Gasteiger partial charge is 0.321 e. The molecule has 3 N–H and O–H groups in total. The predicted octanol–water partition coefficient (Wildman–Crippen LogP) is 1.83. The second-order valence-corrected chi connectivity index (χ2v) is 4.82. The molecule has 3 amide bonds. The van der Waals surface area contributed by atoms with E-state index in [9.17, 15) is 22.8 Å². The number of carbonyl (C=O) groups is 2. The Kier molecular flexibility index (Phi) is 4.35. The Balaban J connectivity index is 2.00. The van der Waals surface area contributed by atoms with Crippen molar-refractivity contribution >= 4 is 17.6 Å². The van der Waals surface area contributed by atoms with Crippen molar-refractivity contribution in [1.29, 1.82) is 0 Å². The molecule has 1 saturated heterocycles. The first-order valence-corrected chi connectivity index (χ1v) is 6.39. The molecule has 114 valence electrons. The van der Waals surface area contributed by atoms with Gasteiger partial charge < -0.3 is 16.0 Å². The fourth-order valence-electron chi connectivity index (χ4n) is 2.18. The summed E-state index contributed by atoms with van der Waals surface area (Å²) < 4.78 is 39.3. The summed E-state index contributed by atoms with van der Waals surface area (Å²) >= 11 is 0. The zero-order valence-corrected chi connectivity index (χ0v) is 11.0. The molecule has 2 rings (SSSR count). The molecular weight excluding hydrogens is 287 g/mol. The Bertz CT molecular complexity index is 572. The summed E-state index contributed by atoms with van der Waals surface area (Å²) in [6.45, 7) is 0.565. The van der Waals surface area contributed by atoms with Gasteiger partial charge in [0.15, 0.2) is 17.5 Å². The first-order chi connectivity index (χ1) is 9.90. The van der Waals surface area contributed by atoms with E-state index in [4.69, 9.17) is 5.73 Å². The van der Waals surface area contributed by atoms with Gasteiger partial charge in [0.25, 0.3) is 0 Å². The first kappa shape index (κ1) is 15.1. The van der Waals surface area contributed by atoms with Crippen LogP contribution >= 0.6 is 0 Å². The van der Waals surface area contributed by atoms with E-state index in [0.717, 1.165) is 12.1 Å². The lowest BCUT2D eigenvalue weighted by Crippen LogP contribution is -2.43. The average molecular weight is 301 g/mol. The van der Waals surface area contributed by atoms with Gasteiger partial charge in [0, 0.05) is 19.0 Å².